The van der Waals surface area contributed by atoms with Crippen molar-refractivity contribution in [2.75, 3.05) is 7.11 Å². The van der Waals surface area contributed by atoms with E-state index in [-0.39, 0.29) is 30.6 Å². The van der Waals surface area contributed by atoms with Crippen LogP contribution in [0.5, 0.6) is 0 Å². The van der Waals surface area contributed by atoms with E-state index >= 15 is 0 Å². The molecule has 29 heavy (non-hydrogen) atoms. The Balaban J connectivity index is 1.58. The van der Waals surface area contributed by atoms with E-state index in [0.717, 1.165) is 16.7 Å². The van der Waals surface area contributed by atoms with Crippen LogP contribution in [-0.2, 0) is 32.1 Å². The quantitative estimate of drug-likeness (QED) is 0.619. The standard InChI is InChI=1S/C21H19N3O5/c1-29-19(26)9-12-6-7-22-16(8-12)13-2-3-15-14(10-13)11-24(21(15)28)17-4-5-18(25)23-20(17)27/h2-3,6-8,10,17H,4-5,9,11H2,1H3,(H,23,25,27). The maximum absolute atomic E-state index is 12.8. The number of hydrogen-bond donors (Lipinski definition) is 1. The molecule has 8 nitrogen and oxygen atoms in total. The van der Waals surface area contributed by atoms with Gasteiger partial charge in [-0.05, 0) is 41.8 Å². The van der Waals surface area contributed by atoms with E-state index in [1.807, 2.05) is 12.1 Å². The van der Waals surface area contributed by atoms with E-state index in [1.54, 1.807) is 24.4 Å². The third kappa shape index (κ3) is 3.61. The van der Waals surface area contributed by atoms with Crippen molar-refractivity contribution in [2.24, 2.45) is 0 Å². The minimum atomic E-state index is -0.641. The van der Waals surface area contributed by atoms with Crippen molar-refractivity contribution >= 4 is 23.7 Å². The normalized spacial score (nSPS) is 18.4. The molecule has 148 valence electrons. The average molecular weight is 393 g/mol. The first-order valence-corrected chi connectivity index (χ1v) is 9.26. The molecule has 2 aromatic rings. The van der Waals surface area contributed by atoms with Gasteiger partial charge in [-0.15, -0.1) is 0 Å². The van der Waals surface area contributed by atoms with E-state index in [9.17, 15) is 19.2 Å². The molecule has 0 saturated carbocycles. The largest absolute Gasteiger partial charge is 0.469 e. The van der Waals surface area contributed by atoms with Gasteiger partial charge in [0, 0.05) is 30.3 Å². The second kappa shape index (κ2) is 7.46. The lowest BCUT2D eigenvalue weighted by Gasteiger charge is -2.29. The van der Waals surface area contributed by atoms with Crippen molar-refractivity contribution in [1.29, 1.82) is 0 Å². The maximum atomic E-state index is 12.8. The highest BCUT2D eigenvalue weighted by Gasteiger charge is 2.39. The van der Waals surface area contributed by atoms with Crippen molar-refractivity contribution < 1.29 is 23.9 Å². The number of benzene rings is 1. The molecule has 2 aliphatic rings. The van der Waals surface area contributed by atoms with Crippen LogP contribution >= 0.6 is 0 Å². The molecule has 1 atom stereocenters. The third-order valence-electron chi connectivity index (χ3n) is 5.22. The topological polar surface area (TPSA) is 106 Å². The number of ether oxygens (including phenoxy) is 1. The monoisotopic (exact) mass is 393 g/mol. The van der Waals surface area contributed by atoms with Crippen molar-refractivity contribution in [2.45, 2.75) is 31.8 Å². The Bertz CT molecular complexity index is 1030. The van der Waals surface area contributed by atoms with Gasteiger partial charge in [0.25, 0.3) is 5.91 Å². The van der Waals surface area contributed by atoms with Crippen molar-refractivity contribution in [1.82, 2.24) is 15.2 Å². The first-order chi connectivity index (χ1) is 14.0. The van der Waals surface area contributed by atoms with Crippen LogP contribution in [0.4, 0.5) is 0 Å². The molecule has 1 fully saturated rings. The zero-order chi connectivity index (χ0) is 20.5. The molecule has 1 aromatic heterocycles. The second-order valence-corrected chi connectivity index (χ2v) is 7.07. The van der Waals surface area contributed by atoms with E-state index in [2.05, 4.69) is 10.3 Å². The number of fused-ring (bicyclic) bond motifs is 1. The molecule has 8 heteroatoms. The van der Waals surface area contributed by atoms with Gasteiger partial charge >= 0.3 is 5.97 Å². The van der Waals surface area contributed by atoms with Crippen LogP contribution < -0.4 is 5.32 Å². The Morgan fingerprint density at radius 1 is 1.24 bits per heavy atom. The summed E-state index contributed by atoms with van der Waals surface area (Å²) in [6.45, 7) is 0.302. The molecule has 0 aliphatic carbocycles. The smallest absolute Gasteiger partial charge is 0.309 e. The zero-order valence-electron chi connectivity index (χ0n) is 15.8. The van der Waals surface area contributed by atoms with E-state index in [4.69, 9.17) is 4.74 Å². The summed E-state index contributed by atoms with van der Waals surface area (Å²) in [7, 11) is 1.34. The summed E-state index contributed by atoms with van der Waals surface area (Å²) in [5, 5.41) is 2.30. The molecule has 1 unspecified atom stereocenters. The van der Waals surface area contributed by atoms with Gasteiger partial charge in [0.15, 0.2) is 0 Å². The Morgan fingerprint density at radius 2 is 2.07 bits per heavy atom. The predicted molar refractivity (Wildman–Crippen MR) is 101 cm³/mol. The number of aromatic nitrogens is 1. The Labute approximate surface area is 166 Å². The lowest BCUT2D eigenvalue weighted by molar-refractivity contribution is -0.140. The van der Waals surface area contributed by atoms with Crippen molar-refractivity contribution in [3.8, 4) is 11.3 Å². The summed E-state index contributed by atoms with van der Waals surface area (Å²) < 4.78 is 4.70. The van der Waals surface area contributed by atoms with Gasteiger partial charge in [0.05, 0.1) is 19.2 Å². The predicted octanol–water partition coefficient (Wildman–Crippen LogP) is 1.23. The molecule has 3 heterocycles. The molecule has 2 aliphatic heterocycles. The second-order valence-electron chi connectivity index (χ2n) is 7.07. The van der Waals surface area contributed by atoms with Gasteiger partial charge < -0.3 is 9.64 Å². The number of esters is 1. The lowest BCUT2D eigenvalue weighted by atomic mass is 10.0. The molecule has 1 aromatic carbocycles. The molecule has 0 bridgehead atoms. The molecule has 4 rings (SSSR count). The maximum Gasteiger partial charge on any atom is 0.309 e. The fourth-order valence-corrected chi connectivity index (χ4v) is 3.71. The first kappa shape index (κ1) is 18.8. The van der Waals surface area contributed by atoms with Gasteiger partial charge in [0.1, 0.15) is 6.04 Å². The average Bonchev–Trinajstić information content (AvgIpc) is 3.04. The number of amides is 3. The number of nitrogens with one attached hydrogen (secondary N) is 1. The number of imide groups is 1. The highest BCUT2D eigenvalue weighted by Crippen LogP contribution is 2.30. The lowest BCUT2D eigenvalue weighted by Crippen LogP contribution is -2.52. The molecular formula is C21H19N3O5. The summed E-state index contributed by atoms with van der Waals surface area (Å²) in [5.41, 5.74) is 3.62. The summed E-state index contributed by atoms with van der Waals surface area (Å²) in [4.78, 5) is 53.7. The highest BCUT2D eigenvalue weighted by molar-refractivity contribution is 6.05. The van der Waals surface area contributed by atoms with Crippen molar-refractivity contribution in [3.63, 3.8) is 0 Å². The van der Waals surface area contributed by atoms with Crippen molar-refractivity contribution in [3.05, 3.63) is 53.2 Å². The number of nitrogens with zero attached hydrogens (tertiary/aromatic N) is 2. The zero-order valence-corrected chi connectivity index (χ0v) is 15.8. The van der Waals surface area contributed by atoms with Crippen LogP contribution in [0, 0.1) is 0 Å². The van der Waals surface area contributed by atoms with Crippen LogP contribution in [0.3, 0.4) is 0 Å². The van der Waals surface area contributed by atoms with E-state index in [0.29, 0.717) is 24.2 Å². The SMILES string of the molecule is COC(=O)Cc1ccnc(-c2ccc3c(c2)CN(C2CCC(=O)NC2=O)C3=O)c1. The number of carbonyl (C=O) groups is 4. The number of pyridine rings is 1. The molecule has 0 spiro atoms. The third-order valence-corrected chi connectivity index (χ3v) is 5.22. The first-order valence-electron chi connectivity index (χ1n) is 9.26. The van der Waals surface area contributed by atoms with Crippen LogP contribution in [0.15, 0.2) is 36.5 Å². The van der Waals surface area contributed by atoms with Crippen LogP contribution in [-0.4, -0.2) is 46.7 Å². The van der Waals surface area contributed by atoms with Crippen LogP contribution in [0.2, 0.25) is 0 Å². The summed E-state index contributed by atoms with van der Waals surface area (Å²) >= 11 is 0. The van der Waals surface area contributed by atoms with E-state index in [1.165, 1.54) is 12.0 Å². The Hall–Kier alpha value is -3.55. The van der Waals surface area contributed by atoms with Gasteiger partial charge in [-0.1, -0.05) is 6.07 Å². The number of methoxy groups -OCH3 is 1. The highest BCUT2D eigenvalue weighted by atomic mass is 16.5. The minimum Gasteiger partial charge on any atom is -0.469 e. The summed E-state index contributed by atoms with van der Waals surface area (Å²) in [6.07, 6.45) is 2.33. The molecule has 0 radical (unpaired) electrons. The summed E-state index contributed by atoms with van der Waals surface area (Å²) in [6, 6.07) is 8.33. The Morgan fingerprint density at radius 3 is 2.83 bits per heavy atom. The molecule has 3 amide bonds. The fourth-order valence-electron chi connectivity index (χ4n) is 3.71. The summed E-state index contributed by atoms with van der Waals surface area (Å²) in [5.74, 6) is -1.29. The molecular weight excluding hydrogens is 374 g/mol. The number of rotatable bonds is 4. The minimum absolute atomic E-state index is 0.152. The molecule has 1 N–H and O–H groups in total. The van der Waals surface area contributed by atoms with Crippen LogP contribution in [0.1, 0.15) is 34.3 Å². The van der Waals surface area contributed by atoms with Gasteiger partial charge in [-0.2, -0.15) is 0 Å². The Kier molecular flexibility index (Phi) is 4.84. The fraction of sp³-hybridized carbons (Fsp3) is 0.286. The van der Waals surface area contributed by atoms with E-state index < -0.39 is 11.9 Å². The number of carbonyl (C=O) groups excluding carboxylic acids is 4. The van der Waals surface area contributed by atoms with Gasteiger partial charge in [0.2, 0.25) is 11.8 Å². The number of hydrogen-bond acceptors (Lipinski definition) is 6. The van der Waals surface area contributed by atoms with Crippen LogP contribution in [0.25, 0.3) is 11.3 Å². The number of piperidine rings is 1. The van der Waals surface area contributed by atoms with Gasteiger partial charge in [-0.25, -0.2) is 0 Å². The molecule has 1 saturated heterocycles. The van der Waals surface area contributed by atoms with Gasteiger partial charge in [-0.3, -0.25) is 29.5 Å².